The molecule has 0 saturated carbocycles. The molecule has 0 aliphatic carbocycles. The standard InChI is InChI=1S/C15H11BrO2/c16-13-8-4-1-5-10(13)9-14-11-6-2-3-7-12(11)15(17)18-14/h1-8,14H,9H2/t14-/m1/s1. The summed E-state index contributed by atoms with van der Waals surface area (Å²) in [6.07, 6.45) is 0.525. The van der Waals surface area contributed by atoms with Crippen LogP contribution in [0, 0.1) is 0 Å². The number of ether oxygens (including phenoxy) is 1. The Hall–Kier alpha value is -1.61. The first-order valence-electron chi connectivity index (χ1n) is 5.79. The van der Waals surface area contributed by atoms with Crippen LogP contribution in [0.15, 0.2) is 53.0 Å². The topological polar surface area (TPSA) is 26.3 Å². The van der Waals surface area contributed by atoms with E-state index in [4.69, 9.17) is 4.74 Å². The van der Waals surface area contributed by atoms with Gasteiger partial charge < -0.3 is 4.74 Å². The molecule has 0 unspecified atom stereocenters. The first-order chi connectivity index (χ1) is 8.75. The zero-order chi connectivity index (χ0) is 12.5. The summed E-state index contributed by atoms with van der Waals surface area (Å²) in [6, 6.07) is 15.6. The molecule has 0 amide bonds. The number of carbonyl (C=O) groups excluding carboxylic acids is 1. The number of hydrogen-bond acceptors (Lipinski definition) is 2. The van der Waals surface area contributed by atoms with E-state index in [1.54, 1.807) is 0 Å². The summed E-state index contributed by atoms with van der Waals surface area (Å²) in [5.41, 5.74) is 2.82. The number of carbonyl (C=O) groups is 1. The van der Waals surface area contributed by atoms with Crippen LogP contribution >= 0.6 is 15.9 Å². The number of halogens is 1. The van der Waals surface area contributed by atoms with Crippen molar-refractivity contribution in [1.29, 1.82) is 0 Å². The second kappa shape index (κ2) is 4.58. The van der Waals surface area contributed by atoms with Crippen LogP contribution in [0.4, 0.5) is 0 Å². The first-order valence-corrected chi connectivity index (χ1v) is 6.58. The molecule has 3 heteroatoms. The number of fused-ring (bicyclic) bond motifs is 1. The molecular formula is C15H11BrO2. The van der Waals surface area contributed by atoms with Crippen molar-refractivity contribution >= 4 is 21.9 Å². The fourth-order valence-electron chi connectivity index (χ4n) is 2.24. The van der Waals surface area contributed by atoms with E-state index in [0.29, 0.717) is 12.0 Å². The number of hydrogen-bond donors (Lipinski definition) is 0. The molecule has 0 aromatic heterocycles. The van der Waals surface area contributed by atoms with Gasteiger partial charge in [0.25, 0.3) is 0 Å². The van der Waals surface area contributed by atoms with Gasteiger partial charge in [-0.05, 0) is 17.7 Å². The van der Waals surface area contributed by atoms with Crippen molar-refractivity contribution in [3.8, 4) is 0 Å². The lowest BCUT2D eigenvalue weighted by molar-refractivity contribution is 0.0387. The molecule has 2 aromatic rings. The van der Waals surface area contributed by atoms with Crippen molar-refractivity contribution < 1.29 is 9.53 Å². The quantitative estimate of drug-likeness (QED) is 0.786. The molecule has 0 fully saturated rings. The Balaban J connectivity index is 1.92. The Bertz CT molecular complexity index is 607. The van der Waals surface area contributed by atoms with E-state index >= 15 is 0 Å². The zero-order valence-electron chi connectivity index (χ0n) is 9.60. The number of esters is 1. The number of rotatable bonds is 2. The second-order valence-electron chi connectivity index (χ2n) is 4.28. The predicted molar refractivity (Wildman–Crippen MR) is 72.4 cm³/mol. The summed E-state index contributed by atoms with van der Waals surface area (Å²) < 4.78 is 6.48. The normalized spacial score (nSPS) is 17.4. The predicted octanol–water partition coefficient (Wildman–Crippen LogP) is 3.90. The van der Waals surface area contributed by atoms with Crippen molar-refractivity contribution in [3.05, 3.63) is 69.7 Å². The molecule has 0 bridgehead atoms. The van der Waals surface area contributed by atoms with Gasteiger partial charge in [0.2, 0.25) is 0 Å². The third-order valence-electron chi connectivity index (χ3n) is 3.14. The Morgan fingerprint density at radius 2 is 1.78 bits per heavy atom. The van der Waals surface area contributed by atoms with Crippen LogP contribution in [-0.4, -0.2) is 5.97 Å². The maximum absolute atomic E-state index is 11.7. The summed E-state index contributed by atoms with van der Waals surface area (Å²) >= 11 is 3.52. The maximum atomic E-state index is 11.7. The van der Waals surface area contributed by atoms with Gasteiger partial charge in [0.05, 0.1) is 5.56 Å². The zero-order valence-corrected chi connectivity index (χ0v) is 11.2. The van der Waals surface area contributed by atoms with Crippen molar-refractivity contribution in [1.82, 2.24) is 0 Å². The van der Waals surface area contributed by atoms with Crippen LogP contribution in [0.3, 0.4) is 0 Å². The number of cyclic esters (lactones) is 1. The Morgan fingerprint density at radius 3 is 2.61 bits per heavy atom. The van der Waals surface area contributed by atoms with E-state index in [0.717, 1.165) is 15.6 Å². The van der Waals surface area contributed by atoms with Crippen LogP contribution in [0.5, 0.6) is 0 Å². The van der Waals surface area contributed by atoms with E-state index in [9.17, 15) is 4.79 Å². The molecule has 0 saturated heterocycles. The average molecular weight is 303 g/mol. The van der Waals surface area contributed by atoms with Crippen molar-refractivity contribution in [2.24, 2.45) is 0 Å². The van der Waals surface area contributed by atoms with E-state index in [2.05, 4.69) is 15.9 Å². The molecule has 2 nitrogen and oxygen atoms in total. The fourth-order valence-corrected chi connectivity index (χ4v) is 2.68. The largest absolute Gasteiger partial charge is 0.454 e. The van der Waals surface area contributed by atoms with E-state index in [1.807, 2.05) is 48.5 Å². The summed E-state index contributed by atoms with van der Waals surface area (Å²) in [7, 11) is 0. The molecule has 1 aliphatic rings. The molecule has 90 valence electrons. The summed E-state index contributed by atoms with van der Waals surface area (Å²) in [5, 5.41) is 0. The van der Waals surface area contributed by atoms with Gasteiger partial charge in [-0.15, -0.1) is 0 Å². The number of benzene rings is 2. The minimum Gasteiger partial charge on any atom is -0.454 e. The minimum atomic E-state index is -0.220. The molecule has 1 atom stereocenters. The molecule has 2 aromatic carbocycles. The molecule has 1 aliphatic heterocycles. The van der Waals surface area contributed by atoms with E-state index in [-0.39, 0.29) is 12.1 Å². The van der Waals surface area contributed by atoms with Gasteiger partial charge in [0.15, 0.2) is 0 Å². The lowest BCUT2D eigenvalue weighted by Gasteiger charge is -2.11. The molecule has 1 heterocycles. The van der Waals surface area contributed by atoms with E-state index in [1.165, 1.54) is 0 Å². The summed E-state index contributed by atoms with van der Waals surface area (Å²) in [4.78, 5) is 11.7. The van der Waals surface area contributed by atoms with Gasteiger partial charge in [-0.25, -0.2) is 4.79 Å². The van der Waals surface area contributed by atoms with Gasteiger partial charge >= 0.3 is 5.97 Å². The van der Waals surface area contributed by atoms with Crippen LogP contribution in [0.1, 0.15) is 27.6 Å². The van der Waals surface area contributed by atoms with Crippen molar-refractivity contribution in [3.63, 3.8) is 0 Å². The van der Waals surface area contributed by atoms with Gasteiger partial charge in [0, 0.05) is 16.5 Å². The lowest BCUT2D eigenvalue weighted by Crippen LogP contribution is -2.03. The van der Waals surface area contributed by atoms with E-state index < -0.39 is 0 Å². The van der Waals surface area contributed by atoms with Gasteiger partial charge in [-0.2, -0.15) is 0 Å². The highest BCUT2D eigenvalue weighted by Crippen LogP contribution is 2.34. The highest BCUT2D eigenvalue weighted by Gasteiger charge is 2.30. The van der Waals surface area contributed by atoms with Crippen molar-refractivity contribution in [2.45, 2.75) is 12.5 Å². The highest BCUT2D eigenvalue weighted by molar-refractivity contribution is 9.10. The highest BCUT2D eigenvalue weighted by atomic mass is 79.9. The average Bonchev–Trinajstić information content (AvgIpc) is 2.70. The van der Waals surface area contributed by atoms with Gasteiger partial charge in [-0.1, -0.05) is 52.3 Å². The molecule has 0 radical (unpaired) electrons. The van der Waals surface area contributed by atoms with Crippen LogP contribution in [0.2, 0.25) is 0 Å². The Labute approximate surface area is 114 Å². The molecule has 3 rings (SSSR count). The minimum absolute atomic E-state index is 0.174. The Morgan fingerprint density at radius 1 is 1.06 bits per heavy atom. The first kappa shape index (κ1) is 11.5. The smallest absolute Gasteiger partial charge is 0.339 e. The molecular weight excluding hydrogens is 292 g/mol. The molecule has 0 N–H and O–H groups in total. The van der Waals surface area contributed by atoms with Crippen molar-refractivity contribution in [2.75, 3.05) is 0 Å². The van der Waals surface area contributed by atoms with Crippen LogP contribution in [0.25, 0.3) is 0 Å². The lowest BCUT2D eigenvalue weighted by atomic mass is 9.99. The molecule has 18 heavy (non-hydrogen) atoms. The third-order valence-corrected chi connectivity index (χ3v) is 3.91. The van der Waals surface area contributed by atoms with Gasteiger partial charge in [-0.3, -0.25) is 0 Å². The molecule has 0 spiro atoms. The van der Waals surface area contributed by atoms with Crippen LogP contribution < -0.4 is 0 Å². The monoisotopic (exact) mass is 302 g/mol. The third kappa shape index (κ3) is 1.95. The SMILES string of the molecule is O=C1O[C@H](Cc2ccccc2Br)c2ccccc21. The second-order valence-corrected chi connectivity index (χ2v) is 5.13. The fraction of sp³-hybridized carbons (Fsp3) is 0.133. The van der Waals surface area contributed by atoms with Gasteiger partial charge in [0.1, 0.15) is 6.10 Å². The maximum Gasteiger partial charge on any atom is 0.339 e. The summed E-state index contributed by atoms with van der Waals surface area (Å²) in [6.45, 7) is 0. The summed E-state index contributed by atoms with van der Waals surface area (Å²) in [5.74, 6) is -0.220. The Kier molecular flexibility index (Phi) is 2.92. The van der Waals surface area contributed by atoms with Crippen LogP contribution in [-0.2, 0) is 11.2 Å².